The highest BCUT2D eigenvalue weighted by Crippen LogP contribution is 2.19. The van der Waals surface area contributed by atoms with Crippen LogP contribution in [0.15, 0.2) is 16.7 Å². The maximum absolute atomic E-state index is 13.0. The maximum atomic E-state index is 13.0. The van der Waals surface area contributed by atoms with Gasteiger partial charge in [-0.2, -0.15) is 4.98 Å². The lowest BCUT2D eigenvalue weighted by Crippen LogP contribution is -2.10. The molecule has 2 heterocycles. The number of aromatic nitrogens is 3. The second kappa shape index (κ2) is 3.20. The molecule has 2 aromatic rings. The molecule has 0 N–H and O–H groups in total. The lowest BCUT2D eigenvalue weighted by molar-refractivity contribution is 0.613. The summed E-state index contributed by atoms with van der Waals surface area (Å²) in [6, 6.07) is 1.36. The highest BCUT2D eigenvalue weighted by Gasteiger charge is 2.09. The van der Waals surface area contributed by atoms with E-state index in [1.807, 2.05) is 14.1 Å². The molecule has 0 atom stereocenters. The number of hydrogen-bond donors (Lipinski definition) is 0. The van der Waals surface area contributed by atoms with Crippen LogP contribution in [-0.4, -0.2) is 28.7 Å². The lowest BCUT2D eigenvalue weighted by Gasteiger charge is -2.03. The summed E-state index contributed by atoms with van der Waals surface area (Å²) < 4.78 is 15.0. The summed E-state index contributed by atoms with van der Waals surface area (Å²) in [7, 11) is 3.66. The van der Waals surface area contributed by atoms with Crippen molar-refractivity contribution >= 4 is 27.5 Å². The van der Waals surface area contributed by atoms with Crippen LogP contribution in [0, 0.1) is 5.82 Å². The molecule has 2 aromatic heterocycles. The van der Waals surface area contributed by atoms with Crippen molar-refractivity contribution in [2.75, 3.05) is 19.0 Å². The molecule has 4 nitrogen and oxygen atoms in total. The van der Waals surface area contributed by atoms with Crippen molar-refractivity contribution in [3.05, 3.63) is 22.6 Å². The van der Waals surface area contributed by atoms with Crippen LogP contribution in [0.3, 0.4) is 0 Å². The molecule has 0 aromatic carbocycles. The summed E-state index contributed by atoms with van der Waals surface area (Å²) in [4.78, 5) is 5.98. The normalized spacial score (nSPS) is 10.9. The molecule has 0 saturated carbocycles. The van der Waals surface area contributed by atoms with Crippen LogP contribution in [0.5, 0.6) is 0 Å². The number of rotatable bonds is 1. The predicted molar refractivity (Wildman–Crippen MR) is 55.0 cm³/mol. The number of halogens is 2. The summed E-state index contributed by atoms with van der Waals surface area (Å²) in [6.45, 7) is 0. The Bertz CT molecular complexity index is 479. The summed E-state index contributed by atoms with van der Waals surface area (Å²) in [5, 5.41) is 4.10. The Hall–Kier alpha value is -1.17. The third-order valence-electron chi connectivity index (χ3n) is 1.74. The van der Waals surface area contributed by atoms with Gasteiger partial charge in [-0.25, -0.2) is 8.91 Å². The van der Waals surface area contributed by atoms with Crippen LogP contribution in [0.2, 0.25) is 0 Å². The Morgan fingerprint density at radius 1 is 1.50 bits per heavy atom. The van der Waals surface area contributed by atoms with Gasteiger partial charge in [-0.15, -0.1) is 5.10 Å². The van der Waals surface area contributed by atoms with Gasteiger partial charge in [0.2, 0.25) is 5.95 Å². The van der Waals surface area contributed by atoms with E-state index in [1.54, 1.807) is 4.90 Å². The average Bonchev–Trinajstić information content (AvgIpc) is 2.47. The SMILES string of the molecule is CN(C)c1nc2c(Br)cc(F)cn2n1. The van der Waals surface area contributed by atoms with E-state index in [2.05, 4.69) is 26.0 Å². The molecule has 0 fully saturated rings. The Labute approximate surface area is 88.5 Å². The minimum atomic E-state index is -0.348. The van der Waals surface area contributed by atoms with Gasteiger partial charge in [0.15, 0.2) is 5.65 Å². The minimum Gasteiger partial charge on any atom is -0.346 e. The first-order valence-corrected chi connectivity index (χ1v) is 4.76. The number of nitrogens with zero attached hydrogens (tertiary/aromatic N) is 4. The number of hydrogen-bond acceptors (Lipinski definition) is 3. The number of fused-ring (bicyclic) bond motifs is 1. The van der Waals surface area contributed by atoms with E-state index >= 15 is 0 Å². The second-order valence-electron chi connectivity index (χ2n) is 3.08. The third kappa shape index (κ3) is 1.45. The monoisotopic (exact) mass is 258 g/mol. The lowest BCUT2D eigenvalue weighted by atomic mass is 10.5. The van der Waals surface area contributed by atoms with E-state index in [0.717, 1.165) is 0 Å². The summed E-state index contributed by atoms with van der Waals surface area (Å²) in [6.07, 6.45) is 1.29. The molecule has 6 heteroatoms. The van der Waals surface area contributed by atoms with Crippen molar-refractivity contribution in [2.45, 2.75) is 0 Å². The maximum Gasteiger partial charge on any atom is 0.245 e. The number of pyridine rings is 1. The van der Waals surface area contributed by atoms with Crippen LogP contribution in [-0.2, 0) is 0 Å². The van der Waals surface area contributed by atoms with Crippen molar-refractivity contribution < 1.29 is 4.39 Å². The molecule has 74 valence electrons. The van der Waals surface area contributed by atoms with E-state index in [4.69, 9.17) is 0 Å². The van der Waals surface area contributed by atoms with Crippen LogP contribution in [0.25, 0.3) is 5.65 Å². The molecule has 0 spiro atoms. The fourth-order valence-electron chi connectivity index (χ4n) is 1.09. The first-order chi connectivity index (χ1) is 6.58. The molecule has 0 aliphatic heterocycles. The quantitative estimate of drug-likeness (QED) is 0.781. The van der Waals surface area contributed by atoms with Crippen molar-refractivity contribution in [3.8, 4) is 0 Å². The van der Waals surface area contributed by atoms with Crippen molar-refractivity contribution in [2.24, 2.45) is 0 Å². The van der Waals surface area contributed by atoms with Crippen molar-refractivity contribution in [3.63, 3.8) is 0 Å². The molecule has 14 heavy (non-hydrogen) atoms. The van der Waals surface area contributed by atoms with Gasteiger partial charge < -0.3 is 4.90 Å². The van der Waals surface area contributed by atoms with Crippen LogP contribution in [0.1, 0.15) is 0 Å². The molecule has 0 radical (unpaired) electrons. The Morgan fingerprint density at radius 3 is 2.86 bits per heavy atom. The zero-order valence-electron chi connectivity index (χ0n) is 7.70. The molecule has 0 amide bonds. The highest BCUT2D eigenvalue weighted by molar-refractivity contribution is 9.10. The van der Waals surface area contributed by atoms with Gasteiger partial charge in [0.1, 0.15) is 5.82 Å². The molecule has 0 saturated heterocycles. The van der Waals surface area contributed by atoms with E-state index in [9.17, 15) is 4.39 Å². The van der Waals surface area contributed by atoms with E-state index < -0.39 is 0 Å². The topological polar surface area (TPSA) is 33.4 Å². The molecular weight excluding hydrogens is 251 g/mol. The van der Waals surface area contributed by atoms with Crippen molar-refractivity contribution in [1.82, 2.24) is 14.6 Å². The van der Waals surface area contributed by atoms with Crippen LogP contribution < -0.4 is 4.90 Å². The summed E-state index contributed by atoms with van der Waals surface area (Å²) in [5.41, 5.74) is 0.607. The number of anilines is 1. The first-order valence-electron chi connectivity index (χ1n) is 3.96. The van der Waals surface area contributed by atoms with Gasteiger partial charge in [-0.1, -0.05) is 0 Å². The van der Waals surface area contributed by atoms with Crippen LogP contribution >= 0.6 is 15.9 Å². The van der Waals surface area contributed by atoms with Gasteiger partial charge in [0, 0.05) is 14.1 Å². The fraction of sp³-hybridized carbons (Fsp3) is 0.250. The summed E-state index contributed by atoms with van der Waals surface area (Å²) in [5.74, 6) is 0.205. The summed E-state index contributed by atoms with van der Waals surface area (Å²) >= 11 is 3.23. The Morgan fingerprint density at radius 2 is 2.21 bits per heavy atom. The predicted octanol–water partition coefficient (Wildman–Crippen LogP) is 1.70. The second-order valence-corrected chi connectivity index (χ2v) is 3.94. The Balaban J connectivity index is 2.70. The van der Waals surface area contributed by atoms with Crippen molar-refractivity contribution in [1.29, 1.82) is 0 Å². The molecule has 0 unspecified atom stereocenters. The fourth-order valence-corrected chi connectivity index (χ4v) is 1.58. The van der Waals surface area contributed by atoms with Gasteiger partial charge in [-0.05, 0) is 22.0 Å². The van der Waals surface area contributed by atoms with Gasteiger partial charge in [-0.3, -0.25) is 0 Å². The Kier molecular flexibility index (Phi) is 2.14. The highest BCUT2D eigenvalue weighted by atomic mass is 79.9. The first kappa shape index (κ1) is 9.39. The average molecular weight is 259 g/mol. The van der Waals surface area contributed by atoms with E-state index in [-0.39, 0.29) is 5.82 Å². The van der Waals surface area contributed by atoms with E-state index in [1.165, 1.54) is 16.8 Å². The van der Waals surface area contributed by atoms with Gasteiger partial charge in [0.05, 0.1) is 10.7 Å². The van der Waals surface area contributed by atoms with Gasteiger partial charge in [0.25, 0.3) is 0 Å². The molecule has 0 aliphatic rings. The standard InChI is InChI=1S/C8H8BrFN4/c1-13(2)8-11-7-6(9)3-5(10)4-14(7)12-8/h3-4H,1-2H3. The minimum absolute atomic E-state index is 0.348. The molecular formula is C8H8BrFN4. The van der Waals surface area contributed by atoms with Gasteiger partial charge >= 0.3 is 0 Å². The zero-order chi connectivity index (χ0) is 10.3. The molecule has 0 aliphatic carbocycles. The molecule has 2 rings (SSSR count). The zero-order valence-corrected chi connectivity index (χ0v) is 9.29. The molecule has 0 bridgehead atoms. The largest absolute Gasteiger partial charge is 0.346 e. The smallest absolute Gasteiger partial charge is 0.245 e. The third-order valence-corrected chi connectivity index (χ3v) is 2.33. The van der Waals surface area contributed by atoms with E-state index in [0.29, 0.717) is 16.1 Å². The van der Waals surface area contributed by atoms with Crippen LogP contribution in [0.4, 0.5) is 10.3 Å².